The summed E-state index contributed by atoms with van der Waals surface area (Å²) >= 11 is 0. The molecule has 0 aliphatic heterocycles. The third kappa shape index (κ3) is 5.38. The van der Waals surface area contributed by atoms with E-state index >= 15 is 0 Å². The molecular weight excluding hydrogens is 336 g/mol. The van der Waals surface area contributed by atoms with Crippen molar-refractivity contribution in [2.24, 2.45) is 0 Å². The molecule has 0 saturated carbocycles. The van der Waals surface area contributed by atoms with Gasteiger partial charge >= 0.3 is 0 Å². The molecule has 5 heteroatoms. The second kappa shape index (κ2) is 8.94. The smallest absolute Gasteiger partial charge is 0.247 e. The van der Waals surface area contributed by atoms with E-state index in [4.69, 9.17) is 0 Å². The average Bonchev–Trinajstić information content (AvgIpc) is 3.13. The molecule has 0 fully saturated rings. The molecule has 3 rings (SSSR count). The first kappa shape index (κ1) is 18.6. The molecule has 1 aromatic heterocycles. The summed E-state index contributed by atoms with van der Waals surface area (Å²) in [4.78, 5) is 14.5. The van der Waals surface area contributed by atoms with Gasteiger partial charge in [-0.25, -0.2) is 4.68 Å². The summed E-state index contributed by atoms with van der Waals surface area (Å²) < 4.78 is 1.77. The largest absolute Gasteiger partial charge is 0.332 e. The molecule has 2 aromatic carbocycles. The fourth-order valence-corrected chi connectivity index (χ4v) is 2.79. The number of rotatable bonds is 7. The molecule has 27 heavy (non-hydrogen) atoms. The summed E-state index contributed by atoms with van der Waals surface area (Å²) in [6.45, 7) is 5.28. The molecule has 0 unspecified atom stereocenters. The third-order valence-electron chi connectivity index (χ3n) is 4.24. The number of amides is 1. The maximum Gasteiger partial charge on any atom is 0.247 e. The number of benzene rings is 2. The first-order chi connectivity index (χ1) is 13.1. The van der Waals surface area contributed by atoms with Crippen LogP contribution in [0, 0.1) is 0 Å². The topological polar surface area (TPSA) is 51.0 Å². The van der Waals surface area contributed by atoms with Gasteiger partial charge in [0, 0.05) is 18.7 Å². The van der Waals surface area contributed by atoms with Crippen molar-refractivity contribution in [2.75, 3.05) is 0 Å². The van der Waals surface area contributed by atoms with Crippen molar-refractivity contribution >= 4 is 12.0 Å². The molecule has 1 heterocycles. The van der Waals surface area contributed by atoms with Crippen molar-refractivity contribution in [1.29, 1.82) is 0 Å². The maximum absolute atomic E-state index is 12.6. The Morgan fingerprint density at radius 1 is 1.04 bits per heavy atom. The predicted octanol–water partition coefficient (Wildman–Crippen LogP) is 3.78. The molecular formula is C22H24N4O. The van der Waals surface area contributed by atoms with Gasteiger partial charge in [0.25, 0.3) is 0 Å². The molecule has 0 spiro atoms. The Hall–Kier alpha value is -3.21. The highest BCUT2D eigenvalue weighted by molar-refractivity contribution is 5.91. The number of hydrogen-bond acceptors (Lipinski definition) is 3. The van der Waals surface area contributed by atoms with Crippen molar-refractivity contribution < 1.29 is 4.79 Å². The van der Waals surface area contributed by atoms with Crippen LogP contribution in [0.5, 0.6) is 0 Å². The van der Waals surface area contributed by atoms with Crippen LogP contribution in [-0.4, -0.2) is 31.8 Å². The Morgan fingerprint density at radius 3 is 2.30 bits per heavy atom. The van der Waals surface area contributed by atoms with Crippen LogP contribution < -0.4 is 0 Å². The van der Waals surface area contributed by atoms with Gasteiger partial charge in [-0.2, -0.15) is 0 Å². The summed E-state index contributed by atoms with van der Waals surface area (Å²) in [5, 5.41) is 8.26. The van der Waals surface area contributed by atoms with E-state index in [9.17, 15) is 4.79 Å². The van der Waals surface area contributed by atoms with Crippen LogP contribution in [-0.2, 0) is 17.9 Å². The molecule has 0 radical (unpaired) electrons. The Morgan fingerprint density at radius 2 is 1.67 bits per heavy atom. The summed E-state index contributed by atoms with van der Waals surface area (Å²) in [7, 11) is 0. The molecule has 0 aliphatic rings. The molecule has 0 atom stereocenters. The highest BCUT2D eigenvalue weighted by atomic mass is 16.2. The van der Waals surface area contributed by atoms with Gasteiger partial charge in [0.05, 0.1) is 12.7 Å². The van der Waals surface area contributed by atoms with E-state index in [2.05, 4.69) is 10.3 Å². The van der Waals surface area contributed by atoms with E-state index in [0.29, 0.717) is 18.8 Å². The fraction of sp³-hybridized carbons (Fsp3) is 0.227. The van der Waals surface area contributed by atoms with E-state index < -0.39 is 0 Å². The van der Waals surface area contributed by atoms with Gasteiger partial charge in [-0.05, 0) is 31.1 Å². The quantitative estimate of drug-likeness (QED) is 0.603. The van der Waals surface area contributed by atoms with Gasteiger partial charge in [0.1, 0.15) is 5.69 Å². The second-order valence-electron chi connectivity index (χ2n) is 6.71. The minimum atomic E-state index is -0.0357. The first-order valence-corrected chi connectivity index (χ1v) is 9.08. The number of hydrogen-bond donors (Lipinski definition) is 0. The maximum atomic E-state index is 12.6. The van der Waals surface area contributed by atoms with Crippen LogP contribution in [0.1, 0.15) is 30.7 Å². The standard InChI is InChI=1S/C22H24N4O/c1-18(2)26(16-20-11-7-4-8-12-20)22(27)14-13-21-17-25(24-23-21)15-19-9-5-3-6-10-19/h3-14,17-18H,15-16H2,1-2H3/b14-13+. The molecule has 1 amide bonds. The highest BCUT2D eigenvalue weighted by Gasteiger charge is 2.15. The zero-order chi connectivity index (χ0) is 19.1. The summed E-state index contributed by atoms with van der Waals surface area (Å²) in [5.74, 6) is -0.0357. The highest BCUT2D eigenvalue weighted by Crippen LogP contribution is 2.10. The lowest BCUT2D eigenvalue weighted by Crippen LogP contribution is -2.35. The summed E-state index contributed by atoms with van der Waals surface area (Å²) in [5.41, 5.74) is 2.94. The lowest BCUT2D eigenvalue weighted by Gasteiger charge is -2.25. The summed E-state index contributed by atoms with van der Waals surface area (Å²) in [6, 6.07) is 20.2. The van der Waals surface area contributed by atoms with Crippen LogP contribution in [0.25, 0.3) is 6.08 Å². The lowest BCUT2D eigenvalue weighted by atomic mass is 10.2. The molecule has 0 aliphatic carbocycles. The average molecular weight is 360 g/mol. The minimum Gasteiger partial charge on any atom is -0.332 e. The van der Waals surface area contributed by atoms with E-state index in [0.717, 1.165) is 11.1 Å². The van der Waals surface area contributed by atoms with Crippen molar-refractivity contribution in [2.45, 2.75) is 33.0 Å². The van der Waals surface area contributed by atoms with Gasteiger partial charge < -0.3 is 4.90 Å². The Labute approximate surface area is 159 Å². The van der Waals surface area contributed by atoms with Crippen LogP contribution in [0.3, 0.4) is 0 Å². The number of carbonyl (C=O) groups is 1. The molecule has 0 bridgehead atoms. The van der Waals surface area contributed by atoms with Crippen molar-refractivity contribution in [1.82, 2.24) is 19.9 Å². The lowest BCUT2D eigenvalue weighted by molar-refractivity contribution is -0.128. The molecule has 0 N–H and O–H groups in total. The van der Waals surface area contributed by atoms with Gasteiger partial charge in [0.15, 0.2) is 0 Å². The van der Waals surface area contributed by atoms with Crippen LogP contribution >= 0.6 is 0 Å². The van der Waals surface area contributed by atoms with Crippen LogP contribution in [0.4, 0.5) is 0 Å². The predicted molar refractivity (Wildman–Crippen MR) is 107 cm³/mol. The minimum absolute atomic E-state index is 0.0357. The van der Waals surface area contributed by atoms with Crippen LogP contribution in [0.15, 0.2) is 72.9 Å². The number of nitrogens with zero attached hydrogens (tertiary/aromatic N) is 4. The molecule has 138 valence electrons. The monoisotopic (exact) mass is 360 g/mol. The van der Waals surface area contributed by atoms with Gasteiger partial charge in [-0.15, -0.1) is 5.10 Å². The van der Waals surface area contributed by atoms with E-state index in [1.807, 2.05) is 85.6 Å². The van der Waals surface area contributed by atoms with E-state index in [1.54, 1.807) is 16.8 Å². The summed E-state index contributed by atoms with van der Waals surface area (Å²) in [6.07, 6.45) is 5.13. The number of aromatic nitrogens is 3. The van der Waals surface area contributed by atoms with E-state index in [-0.39, 0.29) is 11.9 Å². The molecule has 5 nitrogen and oxygen atoms in total. The zero-order valence-corrected chi connectivity index (χ0v) is 15.7. The van der Waals surface area contributed by atoms with Crippen molar-refractivity contribution in [3.05, 3.63) is 89.8 Å². The second-order valence-corrected chi connectivity index (χ2v) is 6.71. The van der Waals surface area contributed by atoms with Crippen molar-refractivity contribution in [3.8, 4) is 0 Å². The normalized spacial score (nSPS) is 11.2. The Balaban J connectivity index is 1.64. The first-order valence-electron chi connectivity index (χ1n) is 9.08. The Kier molecular flexibility index (Phi) is 6.15. The molecule has 0 saturated heterocycles. The van der Waals surface area contributed by atoms with E-state index in [1.165, 1.54) is 0 Å². The van der Waals surface area contributed by atoms with Gasteiger partial charge in [-0.1, -0.05) is 65.9 Å². The Bertz CT molecular complexity index is 885. The molecule has 3 aromatic rings. The number of carbonyl (C=O) groups excluding carboxylic acids is 1. The third-order valence-corrected chi connectivity index (χ3v) is 4.24. The van der Waals surface area contributed by atoms with Gasteiger partial charge in [-0.3, -0.25) is 4.79 Å². The van der Waals surface area contributed by atoms with Crippen molar-refractivity contribution in [3.63, 3.8) is 0 Å². The van der Waals surface area contributed by atoms with Crippen LogP contribution in [0.2, 0.25) is 0 Å². The van der Waals surface area contributed by atoms with Gasteiger partial charge in [0.2, 0.25) is 5.91 Å². The zero-order valence-electron chi connectivity index (χ0n) is 15.7. The fourth-order valence-electron chi connectivity index (χ4n) is 2.79. The SMILES string of the molecule is CC(C)N(Cc1ccccc1)C(=O)/C=C/c1cn(Cc2ccccc2)nn1.